The number of rotatable bonds is 5. The van der Waals surface area contributed by atoms with Crippen molar-refractivity contribution >= 4 is 61.0 Å². The van der Waals surface area contributed by atoms with Gasteiger partial charge in [0.1, 0.15) is 17.4 Å². The van der Waals surface area contributed by atoms with E-state index < -0.39 is 0 Å². The predicted octanol–water partition coefficient (Wildman–Crippen LogP) is 12.1. The van der Waals surface area contributed by atoms with E-state index in [-0.39, 0.29) is 6.17 Å². The average Bonchev–Trinajstić information content (AvgIpc) is 3.74. The molecule has 52 heavy (non-hydrogen) atoms. The number of nitrogens with one attached hydrogen (secondary N) is 1. The molecule has 1 aliphatic carbocycles. The first-order valence-electron chi connectivity index (χ1n) is 17.8. The molecule has 0 amide bonds. The molecule has 0 spiro atoms. The lowest BCUT2D eigenvalue weighted by Crippen LogP contribution is -2.31. The minimum Gasteiger partial charge on any atom is -0.438 e. The molecular weight excluding hydrogens is 637 g/mol. The molecule has 5 heteroatoms. The van der Waals surface area contributed by atoms with E-state index in [0.717, 1.165) is 52.3 Å². The fourth-order valence-corrected chi connectivity index (χ4v) is 8.25. The molecule has 0 radical (unpaired) electrons. The highest BCUT2D eigenvalue weighted by Crippen LogP contribution is 2.48. The van der Waals surface area contributed by atoms with Crippen LogP contribution in [-0.2, 0) is 0 Å². The van der Waals surface area contributed by atoms with Crippen molar-refractivity contribution in [2.45, 2.75) is 25.9 Å². The van der Waals surface area contributed by atoms with Gasteiger partial charge in [-0.15, -0.1) is 0 Å². The molecule has 1 atom stereocenters. The largest absolute Gasteiger partial charge is 0.438 e. The summed E-state index contributed by atoms with van der Waals surface area (Å²) in [7, 11) is 0. The van der Waals surface area contributed by atoms with Gasteiger partial charge in [-0.1, -0.05) is 85.0 Å². The third-order valence-electron chi connectivity index (χ3n) is 10.6. The first-order valence-corrected chi connectivity index (χ1v) is 17.8. The molecule has 1 aromatic heterocycles. The fraction of sp³-hybridized carbons (Fsp3) is 0.0851. The lowest BCUT2D eigenvalue weighted by atomic mass is 9.85. The van der Waals surface area contributed by atoms with Crippen molar-refractivity contribution in [3.05, 3.63) is 174 Å². The smallest absolute Gasteiger partial charge is 0.226 e. The van der Waals surface area contributed by atoms with Crippen LogP contribution in [0.2, 0.25) is 0 Å². The maximum absolute atomic E-state index is 9.45. The Bertz CT molecular complexity index is 2700. The molecule has 0 fully saturated rings. The lowest BCUT2D eigenvalue weighted by molar-refractivity contribution is 0.608. The Morgan fingerprint density at radius 2 is 1.50 bits per heavy atom. The summed E-state index contributed by atoms with van der Waals surface area (Å²) in [5.41, 5.74) is 12.0. The molecule has 6 aromatic carbocycles. The molecule has 7 aromatic rings. The number of aryl methyl sites for hydroxylation is 1. The Kier molecular flexibility index (Phi) is 6.90. The van der Waals surface area contributed by atoms with E-state index in [4.69, 9.17) is 4.42 Å². The summed E-state index contributed by atoms with van der Waals surface area (Å²) in [6, 6.07) is 42.9. The van der Waals surface area contributed by atoms with Gasteiger partial charge in [0.05, 0.1) is 11.6 Å². The van der Waals surface area contributed by atoms with E-state index in [1.165, 1.54) is 49.5 Å². The van der Waals surface area contributed by atoms with Crippen molar-refractivity contribution in [1.29, 1.82) is 5.26 Å². The number of anilines is 4. The Morgan fingerprint density at radius 3 is 2.17 bits per heavy atom. The van der Waals surface area contributed by atoms with Crippen LogP contribution >= 0.6 is 0 Å². The van der Waals surface area contributed by atoms with Crippen molar-refractivity contribution in [2.24, 2.45) is 0 Å². The van der Waals surface area contributed by atoms with Crippen molar-refractivity contribution in [1.82, 2.24) is 0 Å². The number of allylic oxidation sites excluding steroid dienone is 6. The minimum absolute atomic E-state index is 0.00430. The van der Waals surface area contributed by atoms with Crippen LogP contribution in [0.15, 0.2) is 162 Å². The summed E-state index contributed by atoms with van der Waals surface area (Å²) in [5, 5.41) is 19.1. The monoisotopic (exact) mass is 670 g/mol. The summed E-state index contributed by atoms with van der Waals surface area (Å²) in [5.74, 6) is 0.851. The van der Waals surface area contributed by atoms with Crippen LogP contribution in [0.4, 0.5) is 22.9 Å². The molecule has 1 N–H and O–H groups in total. The zero-order valence-electron chi connectivity index (χ0n) is 28.7. The second kappa shape index (κ2) is 11.9. The van der Waals surface area contributed by atoms with Crippen molar-refractivity contribution in [3.8, 4) is 17.2 Å². The Labute approximate surface area is 302 Å². The summed E-state index contributed by atoms with van der Waals surface area (Å²) in [4.78, 5) is 4.57. The molecule has 1 unspecified atom stereocenters. The zero-order chi connectivity index (χ0) is 34.8. The van der Waals surface area contributed by atoms with Gasteiger partial charge in [0.15, 0.2) is 0 Å². The minimum atomic E-state index is 0.00430. The maximum Gasteiger partial charge on any atom is 0.226 e. The van der Waals surface area contributed by atoms with Gasteiger partial charge in [-0.3, -0.25) is 4.90 Å². The number of hydrogen-bond acceptors (Lipinski definition) is 5. The predicted molar refractivity (Wildman–Crippen MR) is 215 cm³/mol. The van der Waals surface area contributed by atoms with Gasteiger partial charge in [0.25, 0.3) is 0 Å². The van der Waals surface area contributed by atoms with Gasteiger partial charge < -0.3 is 14.6 Å². The Balaban J connectivity index is 1.12. The molecule has 248 valence electrons. The third-order valence-corrected chi connectivity index (χ3v) is 10.6. The molecule has 0 bridgehead atoms. The molecule has 3 heterocycles. The Hall–Kier alpha value is -6.77. The highest BCUT2D eigenvalue weighted by molar-refractivity contribution is 6.20. The maximum atomic E-state index is 9.45. The summed E-state index contributed by atoms with van der Waals surface area (Å²) in [6.45, 7) is 2.21. The normalized spacial score (nSPS) is 16.0. The zero-order valence-corrected chi connectivity index (χ0v) is 28.7. The highest BCUT2D eigenvalue weighted by atomic mass is 16.4. The first-order chi connectivity index (χ1) is 25.7. The van der Waals surface area contributed by atoms with E-state index in [2.05, 4.69) is 156 Å². The van der Waals surface area contributed by atoms with E-state index in [1.54, 1.807) is 0 Å². The average molecular weight is 671 g/mol. The number of nitrogens with zero attached hydrogens (tertiary/aromatic N) is 3. The van der Waals surface area contributed by atoms with Gasteiger partial charge in [-0.2, -0.15) is 5.26 Å². The van der Waals surface area contributed by atoms with Crippen LogP contribution in [0.25, 0.3) is 49.2 Å². The summed E-state index contributed by atoms with van der Waals surface area (Å²) in [6.07, 6.45) is 15.2. The quantitative estimate of drug-likeness (QED) is 0.185. The van der Waals surface area contributed by atoms with Crippen LogP contribution < -0.4 is 15.1 Å². The molecule has 0 saturated carbocycles. The van der Waals surface area contributed by atoms with Crippen LogP contribution in [-0.4, -0.2) is 6.17 Å². The van der Waals surface area contributed by atoms with E-state index in [9.17, 15) is 5.26 Å². The van der Waals surface area contributed by atoms with Gasteiger partial charge in [0, 0.05) is 28.7 Å². The Morgan fingerprint density at radius 1 is 0.808 bits per heavy atom. The van der Waals surface area contributed by atoms with Crippen molar-refractivity contribution < 1.29 is 4.42 Å². The number of fused-ring (bicyclic) bond motifs is 7. The van der Waals surface area contributed by atoms with Gasteiger partial charge in [-0.25, -0.2) is 0 Å². The van der Waals surface area contributed by atoms with E-state index in [1.807, 2.05) is 24.3 Å². The number of furan rings is 1. The summed E-state index contributed by atoms with van der Waals surface area (Å²) < 4.78 is 6.39. The molecule has 3 aliphatic rings. The van der Waals surface area contributed by atoms with Gasteiger partial charge in [-0.05, 0) is 130 Å². The molecule has 0 saturated heterocycles. The number of nitriles is 1. The SMILES string of the molecule is Cc1cc(-c2c3ccccc3c(C3=CN4c5oc6ccccc6c5NC4C=C3)c3ccccc23)ccc1N(C1=CC=CCC1)c1ccc(C#N)cc1. The molecule has 2 aliphatic heterocycles. The van der Waals surface area contributed by atoms with Gasteiger partial charge >= 0.3 is 0 Å². The van der Waals surface area contributed by atoms with Gasteiger partial charge in [0.2, 0.25) is 5.88 Å². The number of hydrogen-bond donors (Lipinski definition) is 1. The van der Waals surface area contributed by atoms with Crippen LogP contribution in [0, 0.1) is 18.3 Å². The van der Waals surface area contributed by atoms with E-state index in [0.29, 0.717) is 5.56 Å². The summed E-state index contributed by atoms with van der Waals surface area (Å²) >= 11 is 0. The highest BCUT2D eigenvalue weighted by Gasteiger charge is 2.34. The lowest BCUT2D eigenvalue weighted by Gasteiger charge is -2.30. The number of para-hydroxylation sites is 1. The molecule has 5 nitrogen and oxygen atoms in total. The topological polar surface area (TPSA) is 55.4 Å². The van der Waals surface area contributed by atoms with E-state index >= 15 is 0 Å². The molecular formula is C47H34N4O. The van der Waals surface area contributed by atoms with Crippen molar-refractivity contribution in [3.63, 3.8) is 0 Å². The first kappa shape index (κ1) is 30.1. The van der Waals surface area contributed by atoms with Crippen molar-refractivity contribution in [2.75, 3.05) is 15.1 Å². The standard InChI is InChI=1S/C47H34N4O/c1-30-27-32(21-25-41(30)51(34-11-3-2-4-12-34)35-23-19-31(28-48)20-24-35)44-36-13-5-7-15-38(36)45(39-16-8-6-14-37(39)44)33-22-26-43-49-46-40-17-9-10-18-42(40)52-47(46)50(43)29-33/h2-3,5-11,13-27,29,43,49H,4,12H2,1H3. The van der Waals surface area contributed by atoms with Crippen LogP contribution in [0.5, 0.6) is 0 Å². The van der Waals surface area contributed by atoms with Crippen LogP contribution in [0.1, 0.15) is 29.5 Å². The third kappa shape index (κ3) is 4.69. The number of benzene rings is 6. The van der Waals surface area contributed by atoms with Crippen LogP contribution in [0.3, 0.4) is 0 Å². The molecule has 10 rings (SSSR count). The second-order valence-electron chi connectivity index (χ2n) is 13.7. The second-order valence-corrected chi connectivity index (χ2v) is 13.7. The fourth-order valence-electron chi connectivity index (χ4n) is 8.25.